The molecule has 26 heavy (non-hydrogen) atoms. The Kier molecular flexibility index (Phi) is 4.24. The maximum absolute atomic E-state index is 10.9. The smallest absolute Gasteiger partial charge is 0.143 e. The van der Waals surface area contributed by atoms with Crippen molar-refractivity contribution in [1.29, 1.82) is 0 Å². The number of hydrogen-bond donors (Lipinski definition) is 3. The lowest BCUT2D eigenvalue weighted by Crippen LogP contribution is -2.07. The summed E-state index contributed by atoms with van der Waals surface area (Å²) in [6, 6.07) is 0. The van der Waals surface area contributed by atoms with Gasteiger partial charge in [0.2, 0.25) is 0 Å². The quantitative estimate of drug-likeness (QED) is 0.277. The number of aldehydes is 1. The van der Waals surface area contributed by atoms with E-state index in [1.54, 1.807) is 30.2 Å². The first kappa shape index (κ1) is 16.1. The lowest BCUT2D eigenvalue weighted by Gasteiger charge is -2.12. The third kappa shape index (κ3) is 2.86. The molecule has 0 radical (unpaired) electrons. The second kappa shape index (κ2) is 6.85. The summed E-state index contributed by atoms with van der Waals surface area (Å²) in [5, 5.41) is 2.10. The largest absolute Gasteiger partial charge is 0.358 e. The summed E-state index contributed by atoms with van der Waals surface area (Å²) in [7, 11) is 1.97. The Morgan fingerprint density at radius 1 is 1.19 bits per heavy atom. The molecule has 0 bridgehead atoms. The van der Waals surface area contributed by atoms with E-state index in [0.717, 1.165) is 40.0 Å². The molecule has 4 heterocycles. The molecule has 4 aromatic rings. The van der Waals surface area contributed by atoms with Gasteiger partial charge >= 0.3 is 0 Å². The molecule has 0 fully saturated rings. The van der Waals surface area contributed by atoms with Crippen LogP contribution in [0.1, 0.15) is 5.69 Å². The molecule has 4 rings (SSSR count). The van der Waals surface area contributed by atoms with E-state index in [9.17, 15) is 4.79 Å². The molecule has 4 aromatic heterocycles. The Morgan fingerprint density at radius 3 is 2.77 bits per heavy atom. The molecule has 3 N–H and O–H groups in total. The molecule has 0 spiro atoms. The van der Waals surface area contributed by atoms with Crippen molar-refractivity contribution in [2.75, 3.05) is 11.9 Å². The van der Waals surface area contributed by atoms with E-state index in [1.807, 2.05) is 36.6 Å². The lowest BCUT2D eigenvalue weighted by atomic mass is 10.2. The fraction of sp³-hybridized carbons (Fsp3) is 0.0556. The number of carbonyl (C=O) groups is 1. The van der Waals surface area contributed by atoms with Crippen molar-refractivity contribution in [1.82, 2.24) is 24.9 Å². The van der Waals surface area contributed by atoms with Crippen molar-refractivity contribution in [3.8, 4) is 11.3 Å². The standard InChI is InChI=1S/C18H16N6OS/c1-24(4-2-12(3-5-25)14-7-19-10-22-14)16-9-26-18-13(6-21-17(16)18)15-8-20-11-23-15/h2-11,21H,1H3,(H,19,22)(H,20,23)/b4-2-,12-3+. The molecule has 0 atom stereocenters. The van der Waals surface area contributed by atoms with Gasteiger partial charge in [0.1, 0.15) is 6.29 Å². The van der Waals surface area contributed by atoms with Gasteiger partial charge < -0.3 is 19.9 Å². The van der Waals surface area contributed by atoms with Crippen LogP contribution in [0.15, 0.2) is 55.0 Å². The first-order valence-corrected chi connectivity index (χ1v) is 8.78. The Morgan fingerprint density at radius 2 is 2.04 bits per heavy atom. The third-order valence-corrected chi connectivity index (χ3v) is 5.08. The normalized spacial score (nSPS) is 12.3. The second-order valence-electron chi connectivity index (χ2n) is 5.64. The van der Waals surface area contributed by atoms with Crippen LogP contribution in [-0.2, 0) is 4.79 Å². The van der Waals surface area contributed by atoms with E-state index < -0.39 is 0 Å². The number of nitrogens with zero attached hydrogens (tertiary/aromatic N) is 3. The second-order valence-corrected chi connectivity index (χ2v) is 6.52. The van der Waals surface area contributed by atoms with Crippen molar-refractivity contribution < 1.29 is 4.79 Å². The van der Waals surface area contributed by atoms with E-state index in [0.29, 0.717) is 0 Å². The average molecular weight is 364 g/mol. The van der Waals surface area contributed by atoms with Gasteiger partial charge in [0.15, 0.2) is 0 Å². The summed E-state index contributed by atoms with van der Waals surface area (Å²) in [5.41, 5.74) is 5.76. The maximum Gasteiger partial charge on any atom is 0.143 e. The van der Waals surface area contributed by atoms with Crippen LogP contribution in [0, 0.1) is 0 Å². The van der Waals surface area contributed by atoms with Crippen LogP contribution in [0.4, 0.5) is 5.69 Å². The monoisotopic (exact) mass is 364 g/mol. The highest BCUT2D eigenvalue weighted by Crippen LogP contribution is 2.38. The predicted molar refractivity (Wildman–Crippen MR) is 104 cm³/mol. The number of thiophene rings is 1. The van der Waals surface area contributed by atoms with Crippen LogP contribution in [0.2, 0.25) is 0 Å². The molecule has 0 amide bonds. The van der Waals surface area contributed by atoms with Gasteiger partial charge in [0, 0.05) is 36.0 Å². The zero-order chi connectivity index (χ0) is 17.9. The van der Waals surface area contributed by atoms with Crippen molar-refractivity contribution in [2.45, 2.75) is 0 Å². The molecule has 7 nitrogen and oxygen atoms in total. The number of carbonyl (C=O) groups excluding carboxylic acids is 1. The van der Waals surface area contributed by atoms with Gasteiger partial charge in [-0.2, -0.15) is 0 Å². The maximum atomic E-state index is 10.9. The molecular formula is C18H16N6OS. The van der Waals surface area contributed by atoms with E-state index >= 15 is 0 Å². The van der Waals surface area contributed by atoms with Crippen LogP contribution in [0.5, 0.6) is 0 Å². The van der Waals surface area contributed by atoms with Crippen molar-refractivity contribution >= 4 is 39.1 Å². The predicted octanol–water partition coefficient (Wildman–Crippen LogP) is 3.58. The fourth-order valence-corrected chi connectivity index (χ4v) is 3.84. The summed E-state index contributed by atoms with van der Waals surface area (Å²) in [5.74, 6) is 0. The van der Waals surface area contributed by atoms with Crippen molar-refractivity contribution in [3.63, 3.8) is 0 Å². The minimum absolute atomic E-state index is 0.764. The molecule has 0 saturated heterocycles. The van der Waals surface area contributed by atoms with Crippen LogP contribution >= 0.6 is 11.3 Å². The van der Waals surface area contributed by atoms with Crippen LogP contribution in [0.3, 0.4) is 0 Å². The van der Waals surface area contributed by atoms with Gasteiger partial charge in [0.25, 0.3) is 0 Å². The van der Waals surface area contributed by atoms with Crippen LogP contribution < -0.4 is 4.90 Å². The third-order valence-electron chi connectivity index (χ3n) is 4.08. The summed E-state index contributed by atoms with van der Waals surface area (Å²) >= 11 is 1.67. The number of nitrogens with one attached hydrogen (secondary N) is 3. The Bertz CT molecular complexity index is 1070. The minimum atomic E-state index is 0.764. The average Bonchev–Trinajstić information content (AvgIpc) is 3.42. The van der Waals surface area contributed by atoms with Gasteiger partial charge in [-0.15, -0.1) is 11.3 Å². The van der Waals surface area contributed by atoms with Gasteiger partial charge in [-0.05, 0) is 12.2 Å². The first-order chi connectivity index (χ1) is 12.8. The molecule has 0 aromatic carbocycles. The molecule has 130 valence electrons. The molecule has 0 aliphatic heterocycles. The highest BCUT2D eigenvalue weighted by atomic mass is 32.1. The molecule has 0 saturated carbocycles. The number of hydrogen-bond acceptors (Lipinski definition) is 5. The Labute approximate surface area is 153 Å². The van der Waals surface area contributed by atoms with Crippen LogP contribution in [-0.4, -0.2) is 38.3 Å². The SMILES string of the molecule is CN(/C=C\C(=C/C=O)c1cnc[nH]1)c1csc2c(-c3cnc[nH]3)c[nH]c12. The summed E-state index contributed by atoms with van der Waals surface area (Å²) < 4.78 is 1.17. The van der Waals surface area contributed by atoms with E-state index in [4.69, 9.17) is 0 Å². The number of rotatable bonds is 6. The first-order valence-electron chi connectivity index (χ1n) is 7.90. The van der Waals surface area contributed by atoms with E-state index in [-0.39, 0.29) is 0 Å². The number of fused-ring (bicyclic) bond motifs is 1. The highest BCUT2D eigenvalue weighted by molar-refractivity contribution is 7.18. The topological polar surface area (TPSA) is 93.5 Å². The number of imidazole rings is 2. The molecule has 8 heteroatoms. The summed E-state index contributed by atoms with van der Waals surface area (Å²) in [4.78, 5) is 30.5. The number of aromatic nitrogens is 5. The molecule has 0 aliphatic rings. The van der Waals surface area contributed by atoms with Gasteiger partial charge in [-0.3, -0.25) is 4.79 Å². The number of aromatic amines is 3. The lowest BCUT2D eigenvalue weighted by molar-refractivity contribution is -0.104. The minimum Gasteiger partial charge on any atom is -0.358 e. The molecule has 0 aliphatic carbocycles. The Balaban J connectivity index is 1.63. The highest BCUT2D eigenvalue weighted by Gasteiger charge is 2.14. The zero-order valence-electron chi connectivity index (χ0n) is 13.9. The van der Waals surface area contributed by atoms with Crippen molar-refractivity contribution in [2.24, 2.45) is 0 Å². The molecule has 0 unspecified atom stereocenters. The number of allylic oxidation sites excluding steroid dienone is 3. The summed E-state index contributed by atoms with van der Waals surface area (Å²) in [6.45, 7) is 0. The van der Waals surface area contributed by atoms with Gasteiger partial charge in [-0.1, -0.05) is 0 Å². The van der Waals surface area contributed by atoms with E-state index in [2.05, 4.69) is 30.3 Å². The fourth-order valence-electron chi connectivity index (χ4n) is 2.75. The van der Waals surface area contributed by atoms with Gasteiger partial charge in [-0.25, -0.2) is 9.97 Å². The number of H-pyrrole nitrogens is 3. The van der Waals surface area contributed by atoms with Crippen molar-refractivity contribution in [3.05, 3.63) is 60.7 Å². The summed E-state index contributed by atoms with van der Waals surface area (Å²) in [6.07, 6.45) is 14.8. The van der Waals surface area contributed by atoms with Crippen LogP contribution in [0.25, 0.3) is 27.0 Å². The number of anilines is 1. The Hall–Kier alpha value is -3.39. The van der Waals surface area contributed by atoms with Gasteiger partial charge in [0.05, 0.1) is 52.3 Å². The van der Waals surface area contributed by atoms with E-state index in [1.165, 1.54) is 10.8 Å². The molecular weight excluding hydrogens is 348 g/mol. The zero-order valence-corrected chi connectivity index (χ0v) is 14.7.